The second-order valence-electron chi connectivity index (χ2n) is 5.34. The van der Waals surface area contributed by atoms with E-state index in [-0.39, 0.29) is 12.1 Å². The topological polar surface area (TPSA) is 101 Å². The minimum absolute atomic E-state index is 0.00399. The summed E-state index contributed by atoms with van der Waals surface area (Å²) in [5.41, 5.74) is -0.00399. The Morgan fingerprint density at radius 3 is 2.85 bits per heavy atom. The minimum Gasteiger partial charge on any atom is -0.296 e. The van der Waals surface area contributed by atoms with E-state index in [1.54, 1.807) is 0 Å². The lowest BCUT2D eigenvalue weighted by Crippen LogP contribution is -2.25. The van der Waals surface area contributed by atoms with Crippen molar-refractivity contribution < 1.29 is 17.6 Å². The maximum atomic E-state index is 13.9. The number of benzene rings is 1. The molecule has 0 unspecified atom stereocenters. The number of sulfonamides is 1. The first-order valence-corrected chi connectivity index (χ1v) is 10.2. The van der Waals surface area contributed by atoms with Gasteiger partial charge in [0.1, 0.15) is 15.7 Å². The fourth-order valence-electron chi connectivity index (χ4n) is 2.00. The average Bonchev–Trinajstić information content (AvgIpc) is 3.05. The van der Waals surface area contributed by atoms with E-state index in [0.29, 0.717) is 5.13 Å². The molecule has 26 heavy (non-hydrogen) atoms. The highest BCUT2D eigenvalue weighted by Crippen LogP contribution is 2.20. The molecule has 2 rings (SSSR count). The van der Waals surface area contributed by atoms with Gasteiger partial charge in [-0.3, -0.25) is 10.1 Å². The van der Waals surface area contributed by atoms with Crippen LogP contribution in [0.2, 0.25) is 0 Å². The Balaban J connectivity index is 2.18. The summed E-state index contributed by atoms with van der Waals surface area (Å²) in [6.45, 7) is 5.41. The minimum atomic E-state index is -4.09. The zero-order valence-electron chi connectivity index (χ0n) is 14.2. The first kappa shape index (κ1) is 20.1. The van der Waals surface area contributed by atoms with Crippen molar-refractivity contribution in [3.63, 3.8) is 0 Å². The first-order chi connectivity index (χ1) is 12.4. The molecule has 0 saturated heterocycles. The van der Waals surface area contributed by atoms with Crippen molar-refractivity contribution >= 4 is 32.4 Å². The molecule has 1 heterocycles. The molecule has 0 bridgehead atoms. The lowest BCUT2D eigenvalue weighted by molar-refractivity contribution is 0.102. The fraction of sp³-hybridized carbons (Fsp3) is 0.312. The Labute approximate surface area is 155 Å². The highest BCUT2D eigenvalue weighted by molar-refractivity contribution is 7.89. The molecule has 7 nitrogen and oxygen atoms in total. The van der Waals surface area contributed by atoms with Gasteiger partial charge in [0, 0.05) is 18.5 Å². The summed E-state index contributed by atoms with van der Waals surface area (Å²) >= 11 is 1.25. The van der Waals surface area contributed by atoms with Crippen molar-refractivity contribution in [2.24, 2.45) is 0 Å². The Morgan fingerprint density at radius 2 is 2.15 bits per heavy atom. The van der Waals surface area contributed by atoms with Gasteiger partial charge in [-0.15, -0.1) is 16.8 Å². The van der Waals surface area contributed by atoms with Crippen LogP contribution in [0.3, 0.4) is 0 Å². The van der Waals surface area contributed by atoms with E-state index in [4.69, 9.17) is 0 Å². The molecule has 10 heteroatoms. The van der Waals surface area contributed by atoms with Gasteiger partial charge >= 0.3 is 0 Å². The smallest absolute Gasteiger partial charge is 0.257 e. The molecule has 2 N–H and O–H groups in total. The van der Waals surface area contributed by atoms with Crippen molar-refractivity contribution in [3.05, 3.63) is 47.2 Å². The molecule has 0 aliphatic carbocycles. The SMILES string of the molecule is C=CCNS(=O)(=O)c1cc(C(=O)Nc2nnc(CCCC)s2)ccc1F. The summed E-state index contributed by atoms with van der Waals surface area (Å²) in [7, 11) is -4.09. The van der Waals surface area contributed by atoms with Gasteiger partial charge in [0.25, 0.3) is 5.91 Å². The number of aromatic nitrogens is 2. The van der Waals surface area contributed by atoms with Crippen LogP contribution in [0, 0.1) is 5.82 Å². The van der Waals surface area contributed by atoms with Gasteiger partial charge in [-0.25, -0.2) is 17.5 Å². The normalized spacial score (nSPS) is 11.3. The maximum Gasteiger partial charge on any atom is 0.257 e. The highest BCUT2D eigenvalue weighted by Gasteiger charge is 2.21. The third kappa shape index (κ3) is 5.16. The standard InChI is InChI=1S/C16H19FN4O3S2/c1-3-5-6-14-20-21-16(25-14)19-15(22)11-7-8-12(17)13(10-11)26(23,24)18-9-4-2/h4,7-8,10,18H,2-3,5-6,9H2,1H3,(H,19,21,22). The highest BCUT2D eigenvalue weighted by atomic mass is 32.2. The van der Waals surface area contributed by atoms with Gasteiger partial charge in [-0.1, -0.05) is 30.8 Å². The maximum absolute atomic E-state index is 13.9. The van der Waals surface area contributed by atoms with Crippen molar-refractivity contribution in [2.75, 3.05) is 11.9 Å². The first-order valence-electron chi connectivity index (χ1n) is 7.91. The molecule has 0 atom stereocenters. The van der Waals surface area contributed by atoms with E-state index >= 15 is 0 Å². The lowest BCUT2D eigenvalue weighted by Gasteiger charge is -2.08. The monoisotopic (exact) mass is 398 g/mol. The van der Waals surface area contributed by atoms with Gasteiger partial charge in [0.2, 0.25) is 15.2 Å². The summed E-state index contributed by atoms with van der Waals surface area (Å²) in [6, 6.07) is 3.12. The van der Waals surface area contributed by atoms with Gasteiger partial charge in [0.05, 0.1) is 0 Å². The molecule has 1 amide bonds. The summed E-state index contributed by atoms with van der Waals surface area (Å²) in [5.74, 6) is -1.54. The summed E-state index contributed by atoms with van der Waals surface area (Å²) in [6.07, 6.45) is 4.10. The van der Waals surface area contributed by atoms with Gasteiger partial charge < -0.3 is 0 Å². The van der Waals surface area contributed by atoms with Crippen LogP contribution in [0.5, 0.6) is 0 Å². The van der Waals surface area contributed by atoms with E-state index in [9.17, 15) is 17.6 Å². The molecule has 0 aliphatic rings. The Hall–Kier alpha value is -2.17. The number of nitrogens with zero attached hydrogens (tertiary/aromatic N) is 2. The molecule has 1 aromatic carbocycles. The molecular weight excluding hydrogens is 379 g/mol. The lowest BCUT2D eigenvalue weighted by atomic mass is 10.2. The number of aryl methyl sites for hydroxylation is 1. The van der Waals surface area contributed by atoms with Crippen molar-refractivity contribution in [2.45, 2.75) is 31.1 Å². The Bertz CT molecular complexity index is 897. The molecule has 1 aromatic heterocycles. The van der Waals surface area contributed by atoms with Crippen molar-refractivity contribution in [3.8, 4) is 0 Å². The van der Waals surface area contributed by atoms with Crippen molar-refractivity contribution in [1.29, 1.82) is 0 Å². The van der Waals surface area contributed by atoms with Crippen molar-refractivity contribution in [1.82, 2.24) is 14.9 Å². The van der Waals surface area contributed by atoms with E-state index in [0.717, 1.165) is 36.4 Å². The molecule has 140 valence electrons. The Morgan fingerprint density at radius 1 is 1.38 bits per heavy atom. The predicted octanol–water partition coefficient (Wildman–Crippen LogP) is 2.74. The zero-order chi connectivity index (χ0) is 19.2. The molecule has 0 aliphatic heterocycles. The fourth-order valence-corrected chi connectivity index (χ4v) is 3.88. The largest absolute Gasteiger partial charge is 0.296 e. The molecule has 2 aromatic rings. The number of carbonyl (C=O) groups is 1. The quantitative estimate of drug-likeness (QED) is 0.633. The van der Waals surface area contributed by atoms with E-state index in [1.807, 2.05) is 0 Å². The number of hydrogen-bond acceptors (Lipinski definition) is 6. The van der Waals surface area contributed by atoms with Gasteiger partial charge in [0.15, 0.2) is 0 Å². The summed E-state index contributed by atoms with van der Waals surface area (Å²) < 4.78 is 40.3. The molecule has 0 spiro atoms. The number of unbranched alkanes of at least 4 members (excludes halogenated alkanes) is 1. The van der Waals surface area contributed by atoms with Gasteiger partial charge in [-0.05, 0) is 24.6 Å². The predicted molar refractivity (Wildman–Crippen MR) is 98.3 cm³/mol. The van der Waals surface area contributed by atoms with Crippen LogP contribution < -0.4 is 10.0 Å². The summed E-state index contributed by atoms with van der Waals surface area (Å²) in [4.78, 5) is 11.7. The summed E-state index contributed by atoms with van der Waals surface area (Å²) in [5, 5.41) is 11.5. The molecular formula is C16H19FN4O3S2. The molecule has 0 saturated carbocycles. The van der Waals surface area contributed by atoms with Crippen LogP contribution in [-0.4, -0.2) is 31.1 Å². The third-order valence-corrected chi connectivity index (χ3v) is 5.67. The third-order valence-electron chi connectivity index (χ3n) is 3.33. The number of nitrogens with one attached hydrogen (secondary N) is 2. The second-order valence-corrected chi connectivity index (χ2v) is 8.14. The number of carbonyl (C=O) groups excluding carboxylic acids is 1. The zero-order valence-corrected chi connectivity index (χ0v) is 15.8. The second kappa shape index (κ2) is 8.97. The van der Waals surface area contributed by atoms with E-state index < -0.39 is 26.6 Å². The average molecular weight is 398 g/mol. The Kier molecular flexibility index (Phi) is 6.95. The van der Waals surface area contributed by atoms with Crippen LogP contribution >= 0.6 is 11.3 Å². The number of amides is 1. The number of anilines is 1. The number of halogens is 1. The van der Waals surface area contributed by atoms with Crippen LogP contribution in [-0.2, 0) is 16.4 Å². The van der Waals surface area contributed by atoms with Crippen LogP contribution in [0.15, 0.2) is 35.7 Å². The van der Waals surface area contributed by atoms with Crippen LogP contribution in [0.25, 0.3) is 0 Å². The number of rotatable bonds is 9. The van der Waals surface area contributed by atoms with Gasteiger partial charge in [-0.2, -0.15) is 0 Å². The van der Waals surface area contributed by atoms with Crippen LogP contribution in [0.4, 0.5) is 9.52 Å². The van der Waals surface area contributed by atoms with E-state index in [2.05, 4.69) is 33.7 Å². The molecule has 0 fully saturated rings. The van der Waals surface area contributed by atoms with Crippen LogP contribution in [0.1, 0.15) is 35.1 Å². The number of hydrogen-bond donors (Lipinski definition) is 2. The molecule has 0 radical (unpaired) electrons. The van der Waals surface area contributed by atoms with E-state index in [1.165, 1.54) is 23.5 Å².